The first-order valence-electron chi connectivity index (χ1n) is 8.82. The fourth-order valence-electron chi connectivity index (χ4n) is 2.60. The molecule has 5 heteroatoms. The molecule has 26 heavy (non-hydrogen) atoms. The average Bonchev–Trinajstić information content (AvgIpc) is 3.17. The van der Waals surface area contributed by atoms with E-state index in [2.05, 4.69) is 34.7 Å². The zero-order valence-corrected chi connectivity index (χ0v) is 15.9. The minimum atomic E-state index is 0.0695. The van der Waals surface area contributed by atoms with Crippen LogP contribution in [0.15, 0.2) is 60.0 Å². The monoisotopic (exact) mass is 365 g/mol. The molecule has 0 atom stereocenters. The van der Waals surface area contributed by atoms with Gasteiger partial charge in [0.2, 0.25) is 5.91 Å². The molecule has 1 amide bonds. The number of aromatic nitrogens is 1. The highest BCUT2D eigenvalue weighted by atomic mass is 32.1. The van der Waals surface area contributed by atoms with Gasteiger partial charge in [0.1, 0.15) is 0 Å². The molecule has 1 N–H and O–H groups in total. The Morgan fingerprint density at radius 3 is 2.54 bits per heavy atom. The van der Waals surface area contributed by atoms with Crippen LogP contribution in [0.3, 0.4) is 0 Å². The van der Waals surface area contributed by atoms with Crippen LogP contribution in [0, 0.1) is 0 Å². The van der Waals surface area contributed by atoms with Gasteiger partial charge in [-0.15, -0.1) is 11.3 Å². The largest absolute Gasteiger partial charge is 0.326 e. The molecule has 0 unspecified atom stereocenters. The lowest BCUT2D eigenvalue weighted by Gasteiger charge is -2.15. The van der Waals surface area contributed by atoms with E-state index in [1.54, 1.807) is 11.3 Å². The number of nitrogens with zero attached hydrogens (tertiary/aromatic N) is 2. The van der Waals surface area contributed by atoms with Gasteiger partial charge >= 0.3 is 0 Å². The standard InChI is InChI=1S/C21H23N3OS/c1-3-4-10-20(25)22-17-13-11-16(12-14-17)19-15-26-21(23-19)24(2)18-8-6-5-7-9-18/h5-9,11-15H,3-4,10H2,1-2H3,(H,22,25). The molecule has 4 nitrogen and oxygen atoms in total. The summed E-state index contributed by atoms with van der Waals surface area (Å²) in [5.74, 6) is 0.0695. The lowest BCUT2D eigenvalue weighted by Crippen LogP contribution is -2.10. The van der Waals surface area contributed by atoms with Gasteiger partial charge in [-0.05, 0) is 30.7 Å². The smallest absolute Gasteiger partial charge is 0.224 e. The Kier molecular flexibility index (Phi) is 6.02. The van der Waals surface area contributed by atoms with Crippen LogP contribution in [-0.4, -0.2) is 17.9 Å². The second-order valence-corrected chi connectivity index (χ2v) is 6.98. The quantitative estimate of drug-likeness (QED) is 0.583. The first-order chi connectivity index (χ1) is 12.7. The molecule has 3 aromatic rings. The summed E-state index contributed by atoms with van der Waals surface area (Å²) in [6.45, 7) is 2.08. The van der Waals surface area contributed by atoms with E-state index in [1.165, 1.54) is 0 Å². The van der Waals surface area contributed by atoms with Crippen LogP contribution in [0.5, 0.6) is 0 Å². The molecular formula is C21H23N3OS. The summed E-state index contributed by atoms with van der Waals surface area (Å²) in [5, 5.41) is 5.94. The van der Waals surface area contributed by atoms with Gasteiger partial charge in [0.15, 0.2) is 5.13 Å². The van der Waals surface area contributed by atoms with Crippen molar-refractivity contribution in [3.8, 4) is 11.3 Å². The van der Waals surface area contributed by atoms with Gasteiger partial charge in [-0.2, -0.15) is 0 Å². The van der Waals surface area contributed by atoms with E-state index in [0.29, 0.717) is 6.42 Å². The van der Waals surface area contributed by atoms with Crippen molar-refractivity contribution in [2.45, 2.75) is 26.2 Å². The van der Waals surface area contributed by atoms with Gasteiger partial charge in [0.25, 0.3) is 0 Å². The first kappa shape index (κ1) is 18.1. The second kappa shape index (κ2) is 8.63. The highest BCUT2D eigenvalue weighted by Gasteiger charge is 2.10. The minimum Gasteiger partial charge on any atom is -0.326 e. The summed E-state index contributed by atoms with van der Waals surface area (Å²) in [4.78, 5) is 18.6. The molecule has 0 saturated heterocycles. The molecule has 3 rings (SSSR count). The topological polar surface area (TPSA) is 45.2 Å². The highest BCUT2D eigenvalue weighted by Crippen LogP contribution is 2.31. The summed E-state index contributed by atoms with van der Waals surface area (Å²) in [5.41, 5.74) is 3.92. The number of carbonyl (C=O) groups excluding carboxylic acids is 1. The molecule has 1 heterocycles. The summed E-state index contributed by atoms with van der Waals surface area (Å²) < 4.78 is 0. The van der Waals surface area contributed by atoms with Crippen molar-refractivity contribution >= 4 is 33.8 Å². The number of benzene rings is 2. The summed E-state index contributed by atoms with van der Waals surface area (Å²) in [7, 11) is 2.02. The van der Waals surface area contributed by atoms with Gasteiger partial charge in [-0.1, -0.05) is 43.7 Å². The molecule has 0 spiro atoms. The Morgan fingerprint density at radius 1 is 1.12 bits per heavy atom. The second-order valence-electron chi connectivity index (χ2n) is 6.14. The number of thiazole rings is 1. The molecule has 0 bridgehead atoms. The average molecular weight is 366 g/mol. The Balaban J connectivity index is 1.68. The number of nitrogens with one attached hydrogen (secondary N) is 1. The van der Waals surface area contributed by atoms with Crippen LogP contribution in [0.1, 0.15) is 26.2 Å². The summed E-state index contributed by atoms with van der Waals surface area (Å²) in [6, 6.07) is 18.0. The number of carbonyl (C=O) groups is 1. The highest BCUT2D eigenvalue weighted by molar-refractivity contribution is 7.14. The molecule has 1 aromatic heterocycles. The maximum atomic E-state index is 11.8. The molecule has 0 aliphatic rings. The van der Waals surface area contributed by atoms with Crippen molar-refractivity contribution in [3.63, 3.8) is 0 Å². The molecule has 0 radical (unpaired) electrons. The van der Waals surface area contributed by atoms with E-state index in [1.807, 2.05) is 49.5 Å². The van der Waals surface area contributed by atoms with E-state index >= 15 is 0 Å². The predicted molar refractivity (Wildman–Crippen MR) is 110 cm³/mol. The van der Waals surface area contributed by atoms with E-state index < -0.39 is 0 Å². The van der Waals surface area contributed by atoms with E-state index in [4.69, 9.17) is 4.98 Å². The van der Waals surface area contributed by atoms with Crippen LogP contribution in [-0.2, 0) is 4.79 Å². The van der Waals surface area contributed by atoms with E-state index in [-0.39, 0.29) is 5.91 Å². The third-order valence-corrected chi connectivity index (χ3v) is 5.06. The molecule has 134 valence electrons. The van der Waals surface area contributed by atoms with Crippen molar-refractivity contribution in [1.29, 1.82) is 0 Å². The molecule has 0 saturated carbocycles. The van der Waals surface area contributed by atoms with E-state index in [0.717, 1.165) is 40.6 Å². The SMILES string of the molecule is CCCCC(=O)Nc1ccc(-c2csc(N(C)c3ccccc3)n2)cc1. The number of anilines is 3. The van der Waals surface area contributed by atoms with Crippen LogP contribution in [0.2, 0.25) is 0 Å². The summed E-state index contributed by atoms with van der Waals surface area (Å²) >= 11 is 1.62. The molecular weight excluding hydrogens is 342 g/mol. The number of hydrogen-bond donors (Lipinski definition) is 1. The normalized spacial score (nSPS) is 10.5. The van der Waals surface area contributed by atoms with Crippen LogP contribution < -0.4 is 10.2 Å². The van der Waals surface area contributed by atoms with Crippen molar-refractivity contribution in [3.05, 3.63) is 60.0 Å². The first-order valence-corrected chi connectivity index (χ1v) is 9.70. The van der Waals surface area contributed by atoms with Crippen molar-refractivity contribution in [2.24, 2.45) is 0 Å². The maximum Gasteiger partial charge on any atom is 0.224 e. The zero-order chi connectivity index (χ0) is 18.4. The van der Waals surface area contributed by atoms with Crippen LogP contribution >= 0.6 is 11.3 Å². The van der Waals surface area contributed by atoms with Crippen molar-refractivity contribution < 1.29 is 4.79 Å². The lowest BCUT2D eigenvalue weighted by molar-refractivity contribution is -0.116. The van der Waals surface area contributed by atoms with Gasteiger partial charge in [0.05, 0.1) is 5.69 Å². The van der Waals surface area contributed by atoms with Crippen molar-refractivity contribution in [2.75, 3.05) is 17.3 Å². The predicted octanol–water partition coefficient (Wildman–Crippen LogP) is 5.71. The number of unbranched alkanes of at least 4 members (excludes halogenated alkanes) is 1. The molecule has 2 aromatic carbocycles. The van der Waals surface area contributed by atoms with Crippen molar-refractivity contribution in [1.82, 2.24) is 4.98 Å². The number of amides is 1. The third-order valence-electron chi connectivity index (χ3n) is 4.14. The number of rotatable bonds is 7. The van der Waals surface area contributed by atoms with Crippen LogP contribution in [0.4, 0.5) is 16.5 Å². The Labute approximate surface area is 158 Å². The van der Waals surface area contributed by atoms with E-state index in [9.17, 15) is 4.79 Å². The van der Waals surface area contributed by atoms with Gasteiger partial charge in [-0.25, -0.2) is 4.98 Å². The maximum absolute atomic E-state index is 11.8. The zero-order valence-electron chi connectivity index (χ0n) is 15.1. The number of para-hydroxylation sites is 1. The van der Waals surface area contributed by atoms with Gasteiger partial charge < -0.3 is 10.2 Å². The Bertz CT molecular complexity index is 843. The Hall–Kier alpha value is -2.66. The third kappa shape index (κ3) is 4.49. The van der Waals surface area contributed by atoms with Gasteiger partial charge in [-0.3, -0.25) is 4.79 Å². The minimum absolute atomic E-state index is 0.0695. The lowest BCUT2D eigenvalue weighted by atomic mass is 10.1. The fourth-order valence-corrected chi connectivity index (χ4v) is 3.42. The fraction of sp³-hybridized carbons (Fsp3) is 0.238. The van der Waals surface area contributed by atoms with Crippen LogP contribution in [0.25, 0.3) is 11.3 Å². The molecule has 0 aliphatic heterocycles. The van der Waals surface area contributed by atoms with Gasteiger partial charge in [0, 0.05) is 35.8 Å². The summed E-state index contributed by atoms with van der Waals surface area (Å²) in [6.07, 6.45) is 2.51. The molecule has 0 aliphatic carbocycles. The number of hydrogen-bond acceptors (Lipinski definition) is 4. The Morgan fingerprint density at radius 2 is 1.85 bits per heavy atom. The molecule has 0 fully saturated rings.